The molecule has 100 valence electrons. The highest BCUT2D eigenvalue weighted by Gasteiger charge is 2.11. The fourth-order valence-corrected chi connectivity index (χ4v) is 2.09. The van der Waals surface area contributed by atoms with E-state index in [2.05, 4.69) is 15.9 Å². The zero-order valence-corrected chi connectivity index (χ0v) is 11.9. The van der Waals surface area contributed by atoms with Gasteiger partial charge in [0.05, 0.1) is 18.2 Å². The van der Waals surface area contributed by atoms with Crippen molar-refractivity contribution in [2.24, 2.45) is 0 Å². The molecule has 0 fully saturated rings. The van der Waals surface area contributed by atoms with Crippen LogP contribution >= 0.6 is 15.9 Å². The van der Waals surface area contributed by atoms with Gasteiger partial charge in [-0.1, -0.05) is 0 Å². The van der Waals surface area contributed by atoms with Crippen molar-refractivity contribution in [3.8, 4) is 11.5 Å². The number of aliphatic hydroxyl groups excluding tert-OH is 1. The number of unbranched alkanes of at least 4 members (excludes halogenated alkanes) is 2. The molecule has 1 N–H and O–H groups in total. The number of carbonyl (C=O) groups is 1. The number of aliphatic hydroxyl groups is 1. The van der Waals surface area contributed by atoms with Crippen LogP contribution in [0.4, 0.5) is 0 Å². The number of hydrogen-bond donors (Lipinski definition) is 1. The van der Waals surface area contributed by atoms with Crippen LogP contribution in [0.15, 0.2) is 16.6 Å². The Hall–Kier alpha value is -1.07. The molecule has 0 unspecified atom stereocenters. The zero-order valence-electron chi connectivity index (χ0n) is 10.3. The molecular formula is C13H17BrO4. The van der Waals surface area contributed by atoms with Gasteiger partial charge in [-0.2, -0.15) is 0 Å². The third-order valence-corrected chi connectivity index (χ3v) is 3.03. The first kappa shape index (κ1) is 15.0. The van der Waals surface area contributed by atoms with Crippen molar-refractivity contribution >= 4 is 22.2 Å². The highest BCUT2D eigenvalue weighted by atomic mass is 79.9. The highest BCUT2D eigenvalue weighted by Crippen LogP contribution is 2.36. The Morgan fingerprint density at radius 3 is 2.72 bits per heavy atom. The molecule has 0 aliphatic carbocycles. The molecule has 0 bridgehead atoms. The molecular weight excluding hydrogens is 300 g/mol. The van der Waals surface area contributed by atoms with Gasteiger partial charge in [0, 0.05) is 12.2 Å². The Morgan fingerprint density at radius 1 is 1.33 bits per heavy atom. The highest BCUT2D eigenvalue weighted by molar-refractivity contribution is 9.10. The van der Waals surface area contributed by atoms with Crippen molar-refractivity contribution in [2.45, 2.75) is 19.3 Å². The number of methoxy groups -OCH3 is 1. The Kier molecular flexibility index (Phi) is 6.75. The summed E-state index contributed by atoms with van der Waals surface area (Å²) in [6.45, 7) is 0.760. The number of halogens is 1. The van der Waals surface area contributed by atoms with E-state index in [-0.39, 0.29) is 6.61 Å². The lowest BCUT2D eigenvalue weighted by Gasteiger charge is -2.13. The molecule has 18 heavy (non-hydrogen) atoms. The van der Waals surface area contributed by atoms with Gasteiger partial charge >= 0.3 is 0 Å². The van der Waals surface area contributed by atoms with Gasteiger partial charge < -0.3 is 14.6 Å². The third-order valence-electron chi connectivity index (χ3n) is 2.44. The van der Waals surface area contributed by atoms with Crippen molar-refractivity contribution in [3.05, 3.63) is 22.2 Å². The number of carbonyl (C=O) groups excluding carboxylic acids is 1. The van der Waals surface area contributed by atoms with Gasteiger partial charge in [-0.05, 0) is 47.3 Å². The van der Waals surface area contributed by atoms with Gasteiger partial charge in [-0.15, -0.1) is 0 Å². The molecule has 4 nitrogen and oxygen atoms in total. The number of ether oxygens (including phenoxy) is 2. The topological polar surface area (TPSA) is 55.8 Å². The normalized spacial score (nSPS) is 10.2. The smallest absolute Gasteiger partial charge is 0.175 e. The molecule has 0 spiro atoms. The van der Waals surface area contributed by atoms with Crippen LogP contribution in [0.3, 0.4) is 0 Å². The summed E-state index contributed by atoms with van der Waals surface area (Å²) in [6.07, 6.45) is 3.33. The van der Waals surface area contributed by atoms with E-state index < -0.39 is 0 Å². The molecule has 1 aromatic carbocycles. The number of aldehydes is 1. The molecule has 1 aromatic rings. The standard InChI is InChI=1S/C13H17BrO4/c1-17-12-8-10(9-16)7-11(14)13(12)18-6-4-2-3-5-15/h7-9,15H,2-6H2,1H3. The number of hydrogen-bond acceptors (Lipinski definition) is 4. The van der Waals surface area contributed by atoms with Crippen molar-refractivity contribution in [3.63, 3.8) is 0 Å². The van der Waals surface area contributed by atoms with Crippen molar-refractivity contribution in [1.29, 1.82) is 0 Å². The molecule has 0 radical (unpaired) electrons. The van der Waals surface area contributed by atoms with Crippen molar-refractivity contribution in [2.75, 3.05) is 20.3 Å². The van der Waals surface area contributed by atoms with Gasteiger partial charge in [0.1, 0.15) is 6.29 Å². The van der Waals surface area contributed by atoms with E-state index in [4.69, 9.17) is 14.6 Å². The molecule has 0 amide bonds. The lowest BCUT2D eigenvalue weighted by atomic mass is 10.2. The average Bonchev–Trinajstić information content (AvgIpc) is 2.39. The summed E-state index contributed by atoms with van der Waals surface area (Å²) in [4.78, 5) is 10.7. The SMILES string of the molecule is COc1cc(C=O)cc(Br)c1OCCCCCO. The van der Waals surface area contributed by atoms with Crippen LogP contribution in [0.1, 0.15) is 29.6 Å². The van der Waals surface area contributed by atoms with Crippen LogP contribution in [0.2, 0.25) is 0 Å². The molecule has 0 saturated heterocycles. The number of benzene rings is 1. The fourth-order valence-electron chi connectivity index (χ4n) is 1.51. The monoisotopic (exact) mass is 316 g/mol. The van der Waals surface area contributed by atoms with Gasteiger partial charge in [-0.3, -0.25) is 4.79 Å². The summed E-state index contributed by atoms with van der Waals surface area (Å²) in [6, 6.07) is 3.33. The summed E-state index contributed by atoms with van der Waals surface area (Å²) in [5.41, 5.74) is 0.534. The lowest BCUT2D eigenvalue weighted by Crippen LogP contribution is -2.01. The van der Waals surface area contributed by atoms with Crippen molar-refractivity contribution in [1.82, 2.24) is 0 Å². The Bertz CT molecular complexity index is 393. The van der Waals surface area contributed by atoms with E-state index in [1.54, 1.807) is 12.1 Å². The predicted molar refractivity (Wildman–Crippen MR) is 72.5 cm³/mol. The average molecular weight is 317 g/mol. The van der Waals surface area contributed by atoms with Crippen LogP contribution in [0.25, 0.3) is 0 Å². The van der Waals surface area contributed by atoms with Gasteiger partial charge in [0.2, 0.25) is 0 Å². The molecule has 0 saturated carbocycles. The predicted octanol–water partition coefficient (Wildman–Crippen LogP) is 2.81. The molecule has 0 aromatic heterocycles. The summed E-state index contributed by atoms with van der Waals surface area (Å²) in [7, 11) is 1.54. The minimum atomic E-state index is 0.209. The second-order valence-electron chi connectivity index (χ2n) is 3.78. The molecule has 1 rings (SSSR count). The van der Waals surface area contributed by atoms with E-state index in [0.717, 1.165) is 25.5 Å². The number of rotatable bonds is 8. The second-order valence-corrected chi connectivity index (χ2v) is 4.64. The Labute approximate surface area is 115 Å². The van der Waals surface area contributed by atoms with Crippen LogP contribution in [-0.2, 0) is 0 Å². The first-order chi connectivity index (χ1) is 8.72. The lowest BCUT2D eigenvalue weighted by molar-refractivity contribution is 0.112. The zero-order chi connectivity index (χ0) is 13.4. The van der Waals surface area contributed by atoms with Crippen molar-refractivity contribution < 1.29 is 19.4 Å². The van der Waals surface area contributed by atoms with E-state index in [9.17, 15) is 4.79 Å². The van der Waals surface area contributed by atoms with Gasteiger partial charge in [0.25, 0.3) is 0 Å². The maximum atomic E-state index is 10.7. The van der Waals surface area contributed by atoms with Gasteiger partial charge in [0.15, 0.2) is 11.5 Å². The quantitative estimate of drug-likeness (QED) is 0.592. The Morgan fingerprint density at radius 2 is 2.11 bits per heavy atom. The van der Waals surface area contributed by atoms with Crippen LogP contribution < -0.4 is 9.47 Å². The second kappa shape index (κ2) is 8.11. The molecule has 0 heterocycles. The Balaban J connectivity index is 2.66. The largest absolute Gasteiger partial charge is 0.493 e. The fraction of sp³-hybridized carbons (Fsp3) is 0.462. The maximum Gasteiger partial charge on any atom is 0.175 e. The molecule has 5 heteroatoms. The molecule has 0 aliphatic rings. The van der Waals surface area contributed by atoms with E-state index in [1.807, 2.05) is 0 Å². The third kappa shape index (κ3) is 4.31. The van der Waals surface area contributed by atoms with E-state index in [0.29, 0.717) is 28.1 Å². The van der Waals surface area contributed by atoms with Gasteiger partial charge in [-0.25, -0.2) is 0 Å². The van der Waals surface area contributed by atoms with E-state index >= 15 is 0 Å². The molecule has 0 aliphatic heterocycles. The van der Waals surface area contributed by atoms with Crippen LogP contribution in [-0.4, -0.2) is 31.7 Å². The summed E-state index contributed by atoms with van der Waals surface area (Å²) >= 11 is 3.36. The maximum absolute atomic E-state index is 10.7. The first-order valence-electron chi connectivity index (χ1n) is 5.79. The van der Waals surface area contributed by atoms with E-state index in [1.165, 1.54) is 7.11 Å². The van der Waals surface area contributed by atoms with Crippen LogP contribution in [0.5, 0.6) is 11.5 Å². The summed E-state index contributed by atoms with van der Waals surface area (Å²) in [5.74, 6) is 1.14. The van der Waals surface area contributed by atoms with Crippen LogP contribution in [0, 0.1) is 0 Å². The minimum Gasteiger partial charge on any atom is -0.493 e. The minimum absolute atomic E-state index is 0.209. The molecule has 0 atom stereocenters. The first-order valence-corrected chi connectivity index (χ1v) is 6.58. The summed E-state index contributed by atoms with van der Waals surface area (Å²) < 4.78 is 11.5. The summed E-state index contributed by atoms with van der Waals surface area (Å²) in [5, 5.41) is 8.67.